The fourth-order valence-electron chi connectivity index (χ4n) is 3.02. The summed E-state index contributed by atoms with van der Waals surface area (Å²) >= 11 is 0. The molecule has 1 aromatic heterocycles. The second-order valence-electron chi connectivity index (χ2n) is 6.48. The van der Waals surface area contributed by atoms with Crippen molar-refractivity contribution in [2.24, 2.45) is 7.05 Å². The zero-order valence-corrected chi connectivity index (χ0v) is 14.8. The summed E-state index contributed by atoms with van der Waals surface area (Å²) in [5, 5.41) is 0. The summed E-state index contributed by atoms with van der Waals surface area (Å²) in [5.41, 5.74) is 2.38. The monoisotopic (exact) mass is 344 g/mol. The number of carbonyl (C=O) groups excluding carboxylic acids is 2. The van der Waals surface area contributed by atoms with Crippen LogP contribution in [0.3, 0.4) is 0 Å². The van der Waals surface area contributed by atoms with Gasteiger partial charge in [0, 0.05) is 36.1 Å². The van der Waals surface area contributed by atoms with E-state index in [-0.39, 0.29) is 17.5 Å². The minimum atomic E-state index is -0.142. The molecule has 0 saturated heterocycles. The number of nitrogens with zero attached hydrogens (tertiary/aromatic N) is 1. The Morgan fingerprint density at radius 2 is 1.15 bits per heavy atom. The molecule has 0 spiro atoms. The molecule has 0 atom stereocenters. The molecule has 0 aliphatic rings. The normalized spacial score (nSPS) is 10.7. The van der Waals surface area contributed by atoms with E-state index in [2.05, 4.69) is 0 Å². The molecule has 0 fully saturated rings. The Labute approximate surface area is 153 Å². The van der Waals surface area contributed by atoms with Crippen LogP contribution < -0.4 is 4.57 Å². The summed E-state index contributed by atoms with van der Waals surface area (Å²) in [7, 11) is 1.95. The summed E-state index contributed by atoms with van der Waals surface area (Å²) < 4.78 is 1.94. The molecule has 0 N–H and O–H groups in total. The van der Waals surface area contributed by atoms with Gasteiger partial charge in [-0.25, -0.2) is 4.57 Å². The third-order valence-electron chi connectivity index (χ3n) is 4.53. The van der Waals surface area contributed by atoms with E-state index in [1.165, 1.54) is 0 Å². The van der Waals surface area contributed by atoms with Crippen LogP contribution in [0.5, 0.6) is 0 Å². The molecule has 3 nitrogen and oxygen atoms in total. The Morgan fingerprint density at radius 1 is 0.731 bits per heavy atom. The molecular weight excluding hydrogens is 322 g/mol. The lowest BCUT2D eigenvalue weighted by Crippen LogP contribution is -2.26. The van der Waals surface area contributed by atoms with Crippen LogP contribution in [0.15, 0.2) is 85.2 Å². The minimum Gasteiger partial charge on any atom is -0.294 e. The average molecular weight is 344 g/mol. The van der Waals surface area contributed by atoms with Gasteiger partial charge in [0.15, 0.2) is 24.0 Å². The standard InChI is InChI=1S/C23H22NO2/c1-24-14-12-18(13-15-24)21(16-22(25)19-8-4-2-5-9-19)17-23(26)20-10-6-3-7-11-20/h2-15,21H,16-17H2,1H3/q+1. The molecule has 3 rings (SSSR count). The van der Waals surface area contributed by atoms with Gasteiger partial charge in [0.1, 0.15) is 7.05 Å². The van der Waals surface area contributed by atoms with Gasteiger partial charge in [0.25, 0.3) is 0 Å². The molecule has 26 heavy (non-hydrogen) atoms. The molecule has 1 heterocycles. The molecule has 2 aromatic carbocycles. The van der Waals surface area contributed by atoms with Crippen molar-refractivity contribution in [1.29, 1.82) is 0 Å². The Balaban J connectivity index is 1.83. The van der Waals surface area contributed by atoms with Crippen molar-refractivity contribution in [2.45, 2.75) is 18.8 Å². The van der Waals surface area contributed by atoms with E-state index in [4.69, 9.17) is 0 Å². The molecule has 0 aliphatic carbocycles. The van der Waals surface area contributed by atoms with Crippen LogP contribution in [0.1, 0.15) is 45.0 Å². The van der Waals surface area contributed by atoms with Gasteiger partial charge in [0.2, 0.25) is 0 Å². The molecule has 0 aliphatic heterocycles. The molecule has 130 valence electrons. The van der Waals surface area contributed by atoms with Crippen LogP contribution in [-0.2, 0) is 7.05 Å². The van der Waals surface area contributed by atoms with Gasteiger partial charge in [-0.3, -0.25) is 9.59 Å². The second kappa shape index (κ2) is 8.34. The summed E-state index contributed by atoms with van der Waals surface area (Å²) in [5.74, 6) is -0.0222. The summed E-state index contributed by atoms with van der Waals surface area (Å²) in [6.45, 7) is 0. The number of pyridine rings is 1. The first-order chi connectivity index (χ1) is 12.6. The highest BCUT2D eigenvalue weighted by Gasteiger charge is 2.22. The Hall–Kier alpha value is -3.07. The number of hydrogen-bond acceptors (Lipinski definition) is 2. The first kappa shape index (κ1) is 17.7. The predicted molar refractivity (Wildman–Crippen MR) is 101 cm³/mol. The number of Topliss-reactive ketones (excluding diaryl/α,β-unsaturated/α-hetero) is 2. The van der Waals surface area contributed by atoms with Crippen LogP contribution in [0.4, 0.5) is 0 Å². The number of aryl methyl sites for hydroxylation is 1. The number of carbonyl (C=O) groups is 2. The quantitative estimate of drug-likeness (QED) is 0.477. The number of ketones is 2. The molecule has 3 aromatic rings. The number of hydrogen-bond donors (Lipinski definition) is 0. The van der Waals surface area contributed by atoms with E-state index in [0.717, 1.165) is 5.56 Å². The summed E-state index contributed by atoms with van der Waals surface area (Å²) in [6, 6.07) is 22.5. The average Bonchev–Trinajstić information content (AvgIpc) is 2.69. The largest absolute Gasteiger partial charge is 0.294 e. The number of benzene rings is 2. The van der Waals surface area contributed by atoms with E-state index in [1.54, 1.807) is 0 Å². The van der Waals surface area contributed by atoms with Crippen LogP contribution in [0, 0.1) is 0 Å². The Bertz CT molecular complexity index is 818. The van der Waals surface area contributed by atoms with E-state index < -0.39 is 0 Å². The first-order valence-corrected chi connectivity index (χ1v) is 8.75. The number of rotatable bonds is 7. The molecule has 0 saturated carbocycles. The maximum absolute atomic E-state index is 12.7. The number of aromatic nitrogens is 1. The van der Waals surface area contributed by atoms with Gasteiger partial charge < -0.3 is 0 Å². The highest BCUT2D eigenvalue weighted by molar-refractivity contribution is 5.99. The smallest absolute Gasteiger partial charge is 0.168 e. The molecular formula is C23H22NO2+. The third-order valence-corrected chi connectivity index (χ3v) is 4.53. The summed E-state index contributed by atoms with van der Waals surface area (Å²) in [6.07, 6.45) is 4.53. The van der Waals surface area contributed by atoms with E-state index in [0.29, 0.717) is 24.0 Å². The third kappa shape index (κ3) is 4.51. The van der Waals surface area contributed by atoms with Crippen LogP contribution in [0.25, 0.3) is 0 Å². The van der Waals surface area contributed by atoms with Gasteiger partial charge in [-0.15, -0.1) is 0 Å². The van der Waals surface area contributed by atoms with E-state index in [1.807, 2.05) is 96.8 Å². The van der Waals surface area contributed by atoms with Gasteiger partial charge >= 0.3 is 0 Å². The van der Waals surface area contributed by atoms with Crippen molar-refractivity contribution >= 4 is 11.6 Å². The molecule has 3 heteroatoms. The topological polar surface area (TPSA) is 38.0 Å². The van der Waals surface area contributed by atoms with Crippen LogP contribution in [0.2, 0.25) is 0 Å². The minimum absolute atomic E-state index is 0.0599. The lowest BCUT2D eigenvalue weighted by atomic mass is 9.87. The Kier molecular flexibility index (Phi) is 5.69. The first-order valence-electron chi connectivity index (χ1n) is 8.75. The van der Waals surface area contributed by atoms with Crippen molar-refractivity contribution < 1.29 is 14.2 Å². The van der Waals surface area contributed by atoms with Crippen molar-refractivity contribution in [3.05, 3.63) is 102 Å². The summed E-state index contributed by atoms with van der Waals surface area (Å²) in [4.78, 5) is 25.4. The molecule has 0 radical (unpaired) electrons. The predicted octanol–water partition coefficient (Wildman–Crippen LogP) is 4.14. The van der Waals surface area contributed by atoms with Crippen molar-refractivity contribution in [3.63, 3.8) is 0 Å². The molecule has 0 unspecified atom stereocenters. The highest BCUT2D eigenvalue weighted by Crippen LogP contribution is 2.26. The zero-order chi connectivity index (χ0) is 18.4. The fourth-order valence-corrected chi connectivity index (χ4v) is 3.02. The van der Waals surface area contributed by atoms with Gasteiger partial charge in [0.05, 0.1) is 0 Å². The SMILES string of the molecule is C[n+]1ccc(C(CC(=O)c2ccccc2)CC(=O)c2ccccc2)cc1. The zero-order valence-electron chi connectivity index (χ0n) is 14.8. The highest BCUT2D eigenvalue weighted by atomic mass is 16.1. The van der Waals surface area contributed by atoms with Crippen molar-refractivity contribution in [1.82, 2.24) is 0 Å². The molecule has 0 bridgehead atoms. The maximum atomic E-state index is 12.7. The van der Waals surface area contributed by atoms with Crippen LogP contribution >= 0.6 is 0 Å². The van der Waals surface area contributed by atoms with Crippen molar-refractivity contribution in [2.75, 3.05) is 0 Å². The van der Waals surface area contributed by atoms with Crippen LogP contribution in [-0.4, -0.2) is 11.6 Å². The van der Waals surface area contributed by atoms with Gasteiger partial charge in [-0.2, -0.15) is 0 Å². The van der Waals surface area contributed by atoms with Gasteiger partial charge in [-0.1, -0.05) is 60.7 Å². The van der Waals surface area contributed by atoms with E-state index in [9.17, 15) is 9.59 Å². The maximum Gasteiger partial charge on any atom is 0.168 e. The lowest BCUT2D eigenvalue weighted by molar-refractivity contribution is -0.671. The van der Waals surface area contributed by atoms with E-state index >= 15 is 0 Å². The Morgan fingerprint density at radius 3 is 1.58 bits per heavy atom. The lowest BCUT2D eigenvalue weighted by Gasteiger charge is -2.16. The van der Waals surface area contributed by atoms with Crippen molar-refractivity contribution in [3.8, 4) is 0 Å². The fraction of sp³-hybridized carbons (Fsp3) is 0.174. The molecule has 0 amide bonds. The van der Waals surface area contributed by atoms with Gasteiger partial charge in [-0.05, 0) is 11.5 Å². The second-order valence-corrected chi connectivity index (χ2v) is 6.48.